The van der Waals surface area contributed by atoms with Crippen LogP contribution in [0, 0.1) is 0 Å². The molecule has 1 heterocycles. The molecule has 3 N–H and O–H groups in total. The molecule has 3 rings (SSSR count). The zero-order chi connectivity index (χ0) is 18.4. The Kier molecular flexibility index (Phi) is 6.09. The van der Waals surface area contributed by atoms with Gasteiger partial charge in [-0.1, -0.05) is 13.0 Å². The van der Waals surface area contributed by atoms with Gasteiger partial charge >= 0.3 is 0 Å². The van der Waals surface area contributed by atoms with E-state index in [-0.39, 0.29) is 0 Å². The van der Waals surface area contributed by atoms with E-state index in [4.69, 9.17) is 0 Å². The molecular formula is C19H28N6O. The SMILES string of the molecule is CCc1nncn1CCNC(=NC)NCc1c(O)ccc2c1CCCC2. The molecule has 0 saturated heterocycles. The molecule has 1 aromatic carbocycles. The third-order valence-electron chi connectivity index (χ3n) is 4.94. The molecule has 0 unspecified atom stereocenters. The molecule has 140 valence electrons. The molecule has 1 aliphatic rings. The van der Waals surface area contributed by atoms with E-state index in [9.17, 15) is 5.11 Å². The second-order valence-corrected chi connectivity index (χ2v) is 6.55. The first kappa shape index (κ1) is 18.2. The molecule has 0 aliphatic heterocycles. The molecule has 0 bridgehead atoms. The van der Waals surface area contributed by atoms with Crippen molar-refractivity contribution in [2.45, 2.75) is 52.1 Å². The Balaban J connectivity index is 1.56. The molecule has 0 radical (unpaired) electrons. The molecule has 0 amide bonds. The maximum Gasteiger partial charge on any atom is 0.191 e. The van der Waals surface area contributed by atoms with Crippen LogP contribution in [0.25, 0.3) is 0 Å². The summed E-state index contributed by atoms with van der Waals surface area (Å²) in [5, 5.41) is 25.0. The van der Waals surface area contributed by atoms with Crippen molar-refractivity contribution in [2.75, 3.05) is 13.6 Å². The number of aromatic nitrogens is 3. The average Bonchev–Trinajstić information content (AvgIpc) is 3.13. The average molecular weight is 356 g/mol. The van der Waals surface area contributed by atoms with Gasteiger partial charge in [0.05, 0.1) is 0 Å². The van der Waals surface area contributed by atoms with Gasteiger partial charge in [0.25, 0.3) is 0 Å². The van der Waals surface area contributed by atoms with Gasteiger partial charge in [-0.3, -0.25) is 4.99 Å². The standard InChI is InChI=1S/C19H28N6O/c1-3-18-24-23-13-25(18)11-10-21-19(20-2)22-12-16-15-7-5-4-6-14(15)8-9-17(16)26/h8-9,13,26H,3-7,10-12H2,1-2H3,(H2,20,21,22). The van der Waals surface area contributed by atoms with Gasteiger partial charge in [0, 0.05) is 38.7 Å². The van der Waals surface area contributed by atoms with Crippen molar-refractivity contribution in [2.24, 2.45) is 4.99 Å². The fourth-order valence-electron chi connectivity index (χ4n) is 3.52. The van der Waals surface area contributed by atoms with Crippen LogP contribution in [0.4, 0.5) is 0 Å². The minimum Gasteiger partial charge on any atom is -0.508 e. The number of nitrogens with zero attached hydrogens (tertiary/aromatic N) is 4. The molecule has 0 spiro atoms. The van der Waals surface area contributed by atoms with Gasteiger partial charge in [-0.05, 0) is 42.9 Å². The highest BCUT2D eigenvalue weighted by atomic mass is 16.3. The van der Waals surface area contributed by atoms with E-state index < -0.39 is 0 Å². The van der Waals surface area contributed by atoms with Gasteiger partial charge in [-0.15, -0.1) is 10.2 Å². The largest absolute Gasteiger partial charge is 0.508 e. The van der Waals surface area contributed by atoms with E-state index in [1.165, 1.54) is 24.0 Å². The smallest absolute Gasteiger partial charge is 0.191 e. The lowest BCUT2D eigenvalue weighted by molar-refractivity contribution is 0.464. The summed E-state index contributed by atoms with van der Waals surface area (Å²) in [5.74, 6) is 2.07. The van der Waals surface area contributed by atoms with Crippen molar-refractivity contribution in [1.82, 2.24) is 25.4 Å². The topological polar surface area (TPSA) is 87.4 Å². The van der Waals surface area contributed by atoms with Gasteiger partial charge in [-0.25, -0.2) is 0 Å². The molecule has 2 aromatic rings. The van der Waals surface area contributed by atoms with E-state index in [0.29, 0.717) is 12.3 Å². The van der Waals surface area contributed by atoms with Crippen LogP contribution in [0.5, 0.6) is 5.75 Å². The van der Waals surface area contributed by atoms with Gasteiger partial charge in [0.2, 0.25) is 0 Å². The number of rotatable bonds is 6. The van der Waals surface area contributed by atoms with Crippen molar-refractivity contribution in [3.8, 4) is 5.75 Å². The normalized spacial score (nSPS) is 14.2. The van der Waals surface area contributed by atoms with Crippen molar-refractivity contribution in [3.05, 3.63) is 41.0 Å². The van der Waals surface area contributed by atoms with Gasteiger partial charge in [-0.2, -0.15) is 0 Å². The van der Waals surface area contributed by atoms with Crippen molar-refractivity contribution < 1.29 is 5.11 Å². The number of benzene rings is 1. The molecular weight excluding hydrogens is 328 g/mol. The highest BCUT2D eigenvalue weighted by Crippen LogP contribution is 2.30. The molecule has 7 nitrogen and oxygen atoms in total. The monoisotopic (exact) mass is 356 g/mol. The number of aryl methyl sites for hydroxylation is 2. The Hall–Kier alpha value is -2.57. The van der Waals surface area contributed by atoms with E-state index >= 15 is 0 Å². The predicted octanol–water partition coefficient (Wildman–Crippen LogP) is 1.79. The van der Waals surface area contributed by atoms with Crippen LogP contribution in [0.1, 0.15) is 42.3 Å². The van der Waals surface area contributed by atoms with Crippen LogP contribution in [-0.4, -0.2) is 39.4 Å². The Morgan fingerprint density at radius 1 is 1.27 bits per heavy atom. The first-order valence-electron chi connectivity index (χ1n) is 9.36. The second kappa shape index (κ2) is 8.69. The fourth-order valence-corrected chi connectivity index (χ4v) is 3.52. The Bertz CT molecular complexity index is 767. The van der Waals surface area contributed by atoms with E-state index in [0.717, 1.165) is 49.7 Å². The number of nitrogens with one attached hydrogen (secondary N) is 2. The van der Waals surface area contributed by atoms with Gasteiger partial charge in [0.1, 0.15) is 17.9 Å². The number of guanidine groups is 1. The highest BCUT2D eigenvalue weighted by Gasteiger charge is 2.16. The molecule has 0 atom stereocenters. The zero-order valence-corrected chi connectivity index (χ0v) is 15.6. The van der Waals surface area contributed by atoms with Crippen LogP contribution in [0.15, 0.2) is 23.5 Å². The molecule has 0 fully saturated rings. The molecule has 1 aromatic heterocycles. The lowest BCUT2D eigenvalue weighted by Gasteiger charge is -2.21. The quantitative estimate of drug-likeness (QED) is 0.543. The van der Waals surface area contributed by atoms with Crippen LogP contribution in [0.2, 0.25) is 0 Å². The number of fused-ring (bicyclic) bond motifs is 1. The van der Waals surface area contributed by atoms with Gasteiger partial charge < -0.3 is 20.3 Å². The number of hydrogen-bond donors (Lipinski definition) is 3. The number of phenolic OH excluding ortho intramolecular Hbond substituents is 1. The summed E-state index contributed by atoms with van der Waals surface area (Å²) in [6.07, 6.45) is 7.19. The summed E-state index contributed by atoms with van der Waals surface area (Å²) in [6.45, 7) is 4.15. The predicted molar refractivity (Wildman–Crippen MR) is 102 cm³/mol. The lowest BCUT2D eigenvalue weighted by Crippen LogP contribution is -2.38. The third-order valence-corrected chi connectivity index (χ3v) is 4.94. The summed E-state index contributed by atoms with van der Waals surface area (Å²) < 4.78 is 2.04. The van der Waals surface area contributed by atoms with Gasteiger partial charge in [0.15, 0.2) is 5.96 Å². The number of hydrogen-bond acceptors (Lipinski definition) is 4. The Labute approximate surface area is 154 Å². The van der Waals surface area contributed by atoms with E-state index in [2.05, 4.69) is 38.8 Å². The van der Waals surface area contributed by atoms with Crippen molar-refractivity contribution in [1.29, 1.82) is 0 Å². The third kappa shape index (κ3) is 4.15. The van der Waals surface area contributed by atoms with Crippen LogP contribution in [0.3, 0.4) is 0 Å². The molecule has 1 aliphatic carbocycles. The summed E-state index contributed by atoms with van der Waals surface area (Å²) in [4.78, 5) is 4.28. The second-order valence-electron chi connectivity index (χ2n) is 6.55. The number of aromatic hydroxyl groups is 1. The Morgan fingerprint density at radius 2 is 2.12 bits per heavy atom. The Morgan fingerprint density at radius 3 is 2.92 bits per heavy atom. The molecule has 0 saturated carbocycles. The van der Waals surface area contributed by atoms with Crippen molar-refractivity contribution >= 4 is 5.96 Å². The fraction of sp³-hybridized carbons (Fsp3) is 0.526. The van der Waals surface area contributed by atoms with Crippen LogP contribution < -0.4 is 10.6 Å². The summed E-state index contributed by atoms with van der Waals surface area (Å²) in [5.41, 5.74) is 3.67. The maximum atomic E-state index is 10.3. The maximum absolute atomic E-state index is 10.3. The minimum absolute atomic E-state index is 0.366. The van der Waals surface area contributed by atoms with Crippen LogP contribution >= 0.6 is 0 Å². The summed E-state index contributed by atoms with van der Waals surface area (Å²) in [7, 11) is 1.76. The molecule has 26 heavy (non-hydrogen) atoms. The lowest BCUT2D eigenvalue weighted by atomic mass is 9.88. The summed E-state index contributed by atoms with van der Waals surface area (Å²) >= 11 is 0. The first-order valence-corrected chi connectivity index (χ1v) is 9.36. The van der Waals surface area contributed by atoms with E-state index in [1.54, 1.807) is 13.4 Å². The zero-order valence-electron chi connectivity index (χ0n) is 15.6. The van der Waals surface area contributed by atoms with Crippen molar-refractivity contribution in [3.63, 3.8) is 0 Å². The van der Waals surface area contributed by atoms with E-state index in [1.807, 2.05) is 10.6 Å². The highest BCUT2D eigenvalue weighted by molar-refractivity contribution is 5.79. The first-order chi connectivity index (χ1) is 12.7. The number of phenols is 1. The van der Waals surface area contributed by atoms with Crippen LogP contribution in [-0.2, 0) is 32.4 Å². The number of aliphatic imine (C=N–C) groups is 1. The minimum atomic E-state index is 0.366. The summed E-state index contributed by atoms with van der Waals surface area (Å²) in [6, 6.07) is 3.88. The molecule has 7 heteroatoms.